The van der Waals surface area contributed by atoms with Crippen LogP contribution < -0.4 is 9.79 Å². The van der Waals surface area contributed by atoms with Crippen LogP contribution in [0.2, 0.25) is 5.02 Å². The van der Waals surface area contributed by atoms with Gasteiger partial charge in [0.25, 0.3) is 10.0 Å². The molecule has 0 radical (unpaired) electrons. The van der Waals surface area contributed by atoms with Crippen molar-refractivity contribution in [1.29, 1.82) is 0 Å². The quantitative estimate of drug-likeness (QED) is 0.835. The highest BCUT2D eigenvalue weighted by atomic mass is 35.5. The van der Waals surface area contributed by atoms with Gasteiger partial charge in [-0.15, -0.1) is 0 Å². The van der Waals surface area contributed by atoms with E-state index in [1.54, 1.807) is 30.4 Å². The number of benzene rings is 2. The largest absolute Gasteiger partial charge is 0.629 e. The number of nitrogens with one attached hydrogen (secondary N) is 2. The lowest BCUT2D eigenvalue weighted by molar-refractivity contribution is -0.768. The Kier molecular flexibility index (Phi) is 4.16. The summed E-state index contributed by atoms with van der Waals surface area (Å²) in [7, 11) is -3.79. The Morgan fingerprint density at radius 3 is 2.61 bits per heavy atom. The van der Waals surface area contributed by atoms with Crippen molar-refractivity contribution in [3.05, 3.63) is 63.8 Å². The Hall–Kier alpha value is -1.86. The van der Waals surface area contributed by atoms with Crippen LogP contribution in [0.5, 0.6) is 0 Å². The normalized spacial score (nSPS) is 16.9. The third-order valence-electron chi connectivity index (χ3n) is 3.59. The number of aryl methyl sites for hydroxylation is 1. The summed E-state index contributed by atoms with van der Waals surface area (Å²) in [6.45, 7) is 2.12. The number of fused-ring (bicyclic) bond motifs is 1. The first-order chi connectivity index (χ1) is 10.9. The SMILES string of the molecule is Cc1ccc(S(=O)(=O)Nc2cc(Cl)cc3c2[NH+]([O-])CC=C3)cc1. The van der Waals surface area contributed by atoms with Gasteiger partial charge in [0.15, 0.2) is 5.69 Å². The number of halogens is 1. The maximum Gasteiger partial charge on any atom is 0.262 e. The Labute approximate surface area is 139 Å². The predicted molar refractivity (Wildman–Crippen MR) is 91.3 cm³/mol. The molecule has 1 atom stereocenters. The molecule has 3 rings (SSSR count). The highest BCUT2D eigenvalue weighted by Crippen LogP contribution is 2.31. The fourth-order valence-electron chi connectivity index (χ4n) is 2.47. The van der Waals surface area contributed by atoms with Crippen molar-refractivity contribution in [3.63, 3.8) is 0 Å². The average Bonchev–Trinajstić information content (AvgIpc) is 2.46. The molecular formula is C16H15ClN2O3S. The second-order valence-corrected chi connectivity index (χ2v) is 7.48. The third kappa shape index (κ3) is 3.25. The number of hydrogen-bond donors (Lipinski definition) is 2. The van der Waals surface area contributed by atoms with Gasteiger partial charge in [-0.1, -0.05) is 29.3 Å². The molecule has 1 heterocycles. The number of anilines is 1. The van der Waals surface area contributed by atoms with E-state index in [-0.39, 0.29) is 22.2 Å². The molecule has 0 aromatic heterocycles. The van der Waals surface area contributed by atoms with Gasteiger partial charge in [-0.3, -0.25) is 4.72 Å². The van der Waals surface area contributed by atoms with Gasteiger partial charge in [-0.25, -0.2) is 8.42 Å². The first-order valence-corrected chi connectivity index (χ1v) is 8.86. The van der Waals surface area contributed by atoms with Crippen molar-refractivity contribution in [2.75, 3.05) is 11.3 Å². The number of rotatable bonds is 3. The van der Waals surface area contributed by atoms with E-state index in [0.717, 1.165) is 5.56 Å². The summed E-state index contributed by atoms with van der Waals surface area (Å²) in [5.41, 5.74) is 2.15. The Bertz CT molecular complexity index is 877. The lowest BCUT2D eigenvalue weighted by Crippen LogP contribution is -3.02. The summed E-state index contributed by atoms with van der Waals surface area (Å²) in [5.74, 6) is 0. The average molecular weight is 351 g/mol. The van der Waals surface area contributed by atoms with E-state index in [0.29, 0.717) is 16.3 Å². The molecule has 0 fully saturated rings. The molecule has 2 aromatic rings. The van der Waals surface area contributed by atoms with Crippen LogP contribution in [0.1, 0.15) is 11.1 Å². The van der Waals surface area contributed by atoms with Gasteiger partial charge < -0.3 is 10.3 Å². The molecule has 5 nitrogen and oxygen atoms in total. The van der Waals surface area contributed by atoms with Crippen LogP contribution in [0.15, 0.2) is 47.4 Å². The van der Waals surface area contributed by atoms with Crippen LogP contribution in [0.25, 0.3) is 6.08 Å². The van der Waals surface area contributed by atoms with Gasteiger partial charge in [0.2, 0.25) is 0 Å². The zero-order valence-corrected chi connectivity index (χ0v) is 13.9. The van der Waals surface area contributed by atoms with Gasteiger partial charge in [-0.05, 0) is 43.3 Å². The summed E-state index contributed by atoms with van der Waals surface area (Å²) in [6, 6.07) is 9.59. The summed E-state index contributed by atoms with van der Waals surface area (Å²) in [6.07, 6.45) is 3.51. The monoisotopic (exact) mass is 350 g/mol. The predicted octanol–water partition coefficient (Wildman–Crippen LogP) is 2.49. The van der Waals surface area contributed by atoms with Gasteiger partial charge in [-0.2, -0.15) is 0 Å². The molecule has 2 N–H and O–H groups in total. The summed E-state index contributed by atoms with van der Waals surface area (Å²) >= 11 is 6.05. The highest BCUT2D eigenvalue weighted by Gasteiger charge is 2.23. The summed E-state index contributed by atoms with van der Waals surface area (Å²) in [4.78, 5) is 0.135. The lowest BCUT2D eigenvalue weighted by Gasteiger charge is -2.27. The van der Waals surface area contributed by atoms with Crippen LogP contribution >= 0.6 is 11.6 Å². The van der Waals surface area contributed by atoms with Crippen molar-refractivity contribution in [2.24, 2.45) is 0 Å². The fraction of sp³-hybridized carbons (Fsp3) is 0.125. The molecule has 0 saturated carbocycles. The van der Waals surface area contributed by atoms with E-state index >= 15 is 0 Å². The van der Waals surface area contributed by atoms with E-state index in [4.69, 9.17) is 11.6 Å². The maximum absolute atomic E-state index is 12.5. The van der Waals surface area contributed by atoms with Crippen LogP contribution in [0, 0.1) is 12.1 Å². The lowest BCUT2D eigenvalue weighted by atomic mass is 10.1. The second-order valence-electron chi connectivity index (χ2n) is 5.37. The fourth-order valence-corrected chi connectivity index (χ4v) is 3.76. The van der Waals surface area contributed by atoms with Gasteiger partial charge in [0.1, 0.15) is 12.2 Å². The zero-order chi connectivity index (χ0) is 16.6. The molecule has 2 aromatic carbocycles. The van der Waals surface area contributed by atoms with Crippen LogP contribution in [-0.4, -0.2) is 15.0 Å². The zero-order valence-electron chi connectivity index (χ0n) is 12.3. The molecule has 1 aliphatic heterocycles. The molecule has 0 bridgehead atoms. The number of hydrogen-bond acceptors (Lipinski definition) is 3. The van der Waals surface area contributed by atoms with E-state index in [1.807, 2.05) is 6.92 Å². The minimum atomic E-state index is -3.79. The minimum absolute atomic E-state index is 0.135. The standard InChI is InChI=1S/C16H15ClN2O3S/c1-11-4-6-14(7-5-11)23(21,22)18-15-10-13(17)9-12-3-2-8-19(20)16(12)15/h2-7,9-10,18-19H,8H2,1H3. The van der Waals surface area contributed by atoms with Crippen LogP contribution in [-0.2, 0) is 10.0 Å². The summed E-state index contributed by atoms with van der Waals surface area (Å²) < 4.78 is 27.6. The van der Waals surface area contributed by atoms with Crippen LogP contribution in [0.4, 0.5) is 11.4 Å². The van der Waals surface area contributed by atoms with E-state index < -0.39 is 10.0 Å². The number of quaternary nitrogens is 1. The van der Waals surface area contributed by atoms with Crippen molar-refractivity contribution < 1.29 is 13.5 Å². The number of hydroxylamine groups is 1. The van der Waals surface area contributed by atoms with Crippen molar-refractivity contribution >= 4 is 39.1 Å². The highest BCUT2D eigenvalue weighted by molar-refractivity contribution is 7.92. The molecule has 0 amide bonds. The molecule has 23 heavy (non-hydrogen) atoms. The van der Waals surface area contributed by atoms with Gasteiger partial charge in [0, 0.05) is 10.6 Å². The molecule has 0 saturated heterocycles. The number of sulfonamides is 1. The first-order valence-electron chi connectivity index (χ1n) is 6.99. The van der Waals surface area contributed by atoms with Crippen molar-refractivity contribution in [2.45, 2.75) is 11.8 Å². The van der Waals surface area contributed by atoms with E-state index in [2.05, 4.69) is 4.72 Å². The topological polar surface area (TPSA) is 73.7 Å². The second kappa shape index (κ2) is 5.98. The van der Waals surface area contributed by atoms with E-state index in [9.17, 15) is 13.6 Å². The molecule has 1 unspecified atom stereocenters. The molecular weight excluding hydrogens is 336 g/mol. The molecule has 7 heteroatoms. The smallest absolute Gasteiger partial charge is 0.262 e. The molecule has 0 aliphatic carbocycles. The molecule has 0 spiro atoms. The Balaban J connectivity index is 2.05. The van der Waals surface area contributed by atoms with Crippen LogP contribution in [0.3, 0.4) is 0 Å². The van der Waals surface area contributed by atoms with Crippen molar-refractivity contribution in [3.8, 4) is 0 Å². The minimum Gasteiger partial charge on any atom is -0.629 e. The Morgan fingerprint density at radius 1 is 1.22 bits per heavy atom. The molecule has 120 valence electrons. The third-order valence-corrected chi connectivity index (χ3v) is 5.19. The van der Waals surface area contributed by atoms with Crippen molar-refractivity contribution in [1.82, 2.24) is 0 Å². The van der Waals surface area contributed by atoms with Gasteiger partial charge >= 0.3 is 0 Å². The molecule has 1 aliphatic rings. The maximum atomic E-state index is 12.5. The first kappa shape index (κ1) is 16.0. The van der Waals surface area contributed by atoms with E-state index in [1.165, 1.54) is 18.2 Å². The summed E-state index contributed by atoms with van der Waals surface area (Å²) in [5, 5.41) is 12.4. The van der Waals surface area contributed by atoms with Gasteiger partial charge in [0.05, 0.1) is 4.90 Å². The Morgan fingerprint density at radius 2 is 1.91 bits per heavy atom.